The molecule has 1 aromatic rings. The Kier molecular flexibility index (Phi) is 3.45. The summed E-state index contributed by atoms with van der Waals surface area (Å²) in [7, 11) is 1.42. The Bertz CT molecular complexity index is 450. The molecule has 0 saturated carbocycles. The lowest BCUT2D eigenvalue weighted by Crippen LogP contribution is -2.43. The summed E-state index contributed by atoms with van der Waals surface area (Å²) in [6.07, 6.45) is 0. The molecule has 1 aliphatic rings. The van der Waals surface area contributed by atoms with Gasteiger partial charge in [0.2, 0.25) is 0 Å². The maximum Gasteiger partial charge on any atom is 0.166 e. The van der Waals surface area contributed by atoms with Crippen LogP contribution in [0.3, 0.4) is 0 Å². The largest absolute Gasteiger partial charge is 0.494 e. The lowest BCUT2D eigenvalue weighted by molar-refractivity contribution is 0.386. The third kappa shape index (κ3) is 2.32. The van der Waals surface area contributed by atoms with Gasteiger partial charge in [0.1, 0.15) is 6.07 Å². The molecule has 0 spiro atoms. The maximum atomic E-state index is 13.5. The predicted octanol–water partition coefficient (Wildman–Crippen LogP) is 1.12. The van der Waals surface area contributed by atoms with E-state index in [4.69, 9.17) is 10.00 Å². The first kappa shape index (κ1) is 11.7. The van der Waals surface area contributed by atoms with E-state index in [0.717, 1.165) is 31.9 Å². The number of hydrogen-bond acceptors (Lipinski definition) is 4. The molecule has 1 fully saturated rings. The molecule has 0 atom stereocenters. The number of ether oxygens (including phenoxy) is 1. The molecule has 2 rings (SSSR count). The Hall–Kier alpha value is -1.80. The van der Waals surface area contributed by atoms with Crippen molar-refractivity contribution in [2.45, 2.75) is 0 Å². The molecule has 0 aliphatic carbocycles. The van der Waals surface area contributed by atoms with Crippen LogP contribution in [-0.4, -0.2) is 33.3 Å². The molecule has 0 bridgehead atoms. The molecule has 0 radical (unpaired) electrons. The average Bonchev–Trinajstić information content (AvgIpc) is 2.39. The van der Waals surface area contributed by atoms with Gasteiger partial charge in [0, 0.05) is 32.2 Å². The van der Waals surface area contributed by atoms with Gasteiger partial charge in [-0.1, -0.05) is 0 Å². The lowest BCUT2D eigenvalue weighted by Gasteiger charge is -2.30. The van der Waals surface area contributed by atoms with E-state index < -0.39 is 5.82 Å². The Balaban J connectivity index is 2.40. The molecule has 4 nitrogen and oxygen atoms in total. The number of rotatable bonds is 2. The highest BCUT2D eigenvalue weighted by Crippen LogP contribution is 2.28. The number of piperazine rings is 1. The van der Waals surface area contributed by atoms with Gasteiger partial charge in [0.15, 0.2) is 11.6 Å². The van der Waals surface area contributed by atoms with Crippen LogP contribution in [-0.2, 0) is 0 Å². The number of halogens is 1. The molecule has 0 aromatic heterocycles. The topological polar surface area (TPSA) is 48.3 Å². The molecule has 90 valence electrons. The van der Waals surface area contributed by atoms with Crippen LogP contribution in [0.25, 0.3) is 0 Å². The quantitative estimate of drug-likeness (QED) is 0.834. The fourth-order valence-electron chi connectivity index (χ4n) is 1.96. The Morgan fingerprint density at radius 3 is 2.71 bits per heavy atom. The highest BCUT2D eigenvalue weighted by molar-refractivity contribution is 5.62. The number of nitriles is 1. The summed E-state index contributed by atoms with van der Waals surface area (Å²) >= 11 is 0. The van der Waals surface area contributed by atoms with Crippen LogP contribution in [0.1, 0.15) is 5.56 Å². The summed E-state index contributed by atoms with van der Waals surface area (Å²) in [6.45, 7) is 3.35. The second-order valence-electron chi connectivity index (χ2n) is 3.85. The number of nitrogens with one attached hydrogen (secondary N) is 1. The molecular formula is C12H14FN3O. The van der Waals surface area contributed by atoms with E-state index >= 15 is 0 Å². The van der Waals surface area contributed by atoms with Gasteiger partial charge in [-0.15, -0.1) is 0 Å². The Morgan fingerprint density at radius 1 is 1.41 bits per heavy atom. The van der Waals surface area contributed by atoms with Gasteiger partial charge < -0.3 is 15.0 Å². The van der Waals surface area contributed by atoms with E-state index in [2.05, 4.69) is 10.2 Å². The van der Waals surface area contributed by atoms with Gasteiger partial charge in [-0.05, 0) is 6.07 Å². The van der Waals surface area contributed by atoms with Crippen LogP contribution in [0.4, 0.5) is 10.1 Å². The minimum absolute atomic E-state index is 0.178. The van der Waals surface area contributed by atoms with E-state index in [1.165, 1.54) is 13.2 Å². The molecule has 1 saturated heterocycles. The summed E-state index contributed by atoms with van der Waals surface area (Å²) in [5.41, 5.74) is 1.09. The van der Waals surface area contributed by atoms with Crippen LogP contribution < -0.4 is 15.0 Å². The fourth-order valence-corrected chi connectivity index (χ4v) is 1.96. The molecule has 0 unspecified atom stereocenters. The summed E-state index contributed by atoms with van der Waals surface area (Å²) in [6, 6.07) is 4.86. The summed E-state index contributed by atoms with van der Waals surface area (Å²) in [4.78, 5) is 2.07. The lowest BCUT2D eigenvalue weighted by atomic mass is 10.1. The van der Waals surface area contributed by atoms with Crippen molar-refractivity contribution < 1.29 is 9.13 Å². The zero-order chi connectivity index (χ0) is 12.3. The van der Waals surface area contributed by atoms with Gasteiger partial charge in [-0.2, -0.15) is 5.26 Å². The second kappa shape index (κ2) is 5.02. The first-order chi connectivity index (χ1) is 8.26. The van der Waals surface area contributed by atoms with E-state index in [-0.39, 0.29) is 5.75 Å². The Labute approximate surface area is 99.6 Å². The third-order valence-electron chi connectivity index (χ3n) is 2.85. The van der Waals surface area contributed by atoms with Crippen LogP contribution >= 0.6 is 0 Å². The maximum absolute atomic E-state index is 13.5. The van der Waals surface area contributed by atoms with Crippen LogP contribution in [0.2, 0.25) is 0 Å². The number of anilines is 1. The van der Waals surface area contributed by atoms with Crippen LogP contribution in [0.15, 0.2) is 12.1 Å². The van der Waals surface area contributed by atoms with Gasteiger partial charge in [-0.25, -0.2) is 4.39 Å². The van der Waals surface area contributed by atoms with Crippen molar-refractivity contribution in [3.63, 3.8) is 0 Å². The number of benzene rings is 1. The van der Waals surface area contributed by atoms with E-state index in [9.17, 15) is 4.39 Å². The van der Waals surface area contributed by atoms with Crippen molar-refractivity contribution in [3.8, 4) is 11.8 Å². The fraction of sp³-hybridized carbons (Fsp3) is 0.417. The van der Waals surface area contributed by atoms with Crippen molar-refractivity contribution >= 4 is 5.69 Å². The molecule has 1 N–H and O–H groups in total. The minimum Gasteiger partial charge on any atom is -0.494 e. The van der Waals surface area contributed by atoms with Crippen molar-refractivity contribution in [3.05, 3.63) is 23.5 Å². The smallest absolute Gasteiger partial charge is 0.166 e. The molecule has 0 amide bonds. The van der Waals surface area contributed by atoms with Crippen molar-refractivity contribution in [1.29, 1.82) is 5.26 Å². The first-order valence-corrected chi connectivity index (χ1v) is 5.49. The standard InChI is InChI=1S/C12H14FN3O/c1-17-12-7-11(9(8-14)6-10(12)13)16-4-2-15-3-5-16/h6-7,15H,2-5H2,1H3. The number of nitrogens with zero attached hydrogens (tertiary/aromatic N) is 2. The molecule has 17 heavy (non-hydrogen) atoms. The average molecular weight is 235 g/mol. The summed E-state index contributed by atoms with van der Waals surface area (Å²) < 4.78 is 18.4. The molecule has 5 heteroatoms. The van der Waals surface area contributed by atoms with Crippen molar-refractivity contribution in [2.24, 2.45) is 0 Å². The zero-order valence-electron chi connectivity index (χ0n) is 9.66. The van der Waals surface area contributed by atoms with Crippen molar-refractivity contribution in [2.75, 3.05) is 38.2 Å². The van der Waals surface area contributed by atoms with E-state index in [0.29, 0.717) is 5.56 Å². The SMILES string of the molecule is COc1cc(N2CCNCC2)c(C#N)cc1F. The van der Waals surface area contributed by atoms with Gasteiger partial charge in [0.25, 0.3) is 0 Å². The van der Waals surface area contributed by atoms with Gasteiger partial charge in [-0.3, -0.25) is 0 Å². The molecule has 1 aliphatic heterocycles. The predicted molar refractivity (Wildman–Crippen MR) is 62.7 cm³/mol. The zero-order valence-corrected chi connectivity index (χ0v) is 9.66. The van der Waals surface area contributed by atoms with Crippen LogP contribution in [0, 0.1) is 17.1 Å². The monoisotopic (exact) mass is 235 g/mol. The van der Waals surface area contributed by atoms with Crippen LogP contribution in [0.5, 0.6) is 5.75 Å². The van der Waals surface area contributed by atoms with Gasteiger partial charge >= 0.3 is 0 Å². The highest BCUT2D eigenvalue weighted by Gasteiger charge is 2.17. The second-order valence-corrected chi connectivity index (χ2v) is 3.85. The first-order valence-electron chi connectivity index (χ1n) is 5.49. The third-order valence-corrected chi connectivity index (χ3v) is 2.85. The highest BCUT2D eigenvalue weighted by atomic mass is 19.1. The van der Waals surface area contributed by atoms with Gasteiger partial charge in [0.05, 0.1) is 18.4 Å². The van der Waals surface area contributed by atoms with Crippen molar-refractivity contribution in [1.82, 2.24) is 5.32 Å². The minimum atomic E-state index is -0.497. The van der Waals surface area contributed by atoms with E-state index in [1.54, 1.807) is 6.07 Å². The summed E-state index contributed by atoms with van der Waals surface area (Å²) in [5, 5.41) is 12.3. The summed E-state index contributed by atoms with van der Waals surface area (Å²) in [5.74, 6) is -0.319. The Morgan fingerprint density at radius 2 is 2.12 bits per heavy atom. The van der Waals surface area contributed by atoms with E-state index in [1.807, 2.05) is 6.07 Å². The molecule has 1 aromatic carbocycles. The molecular weight excluding hydrogens is 221 g/mol. The normalized spacial score (nSPS) is 15.5. The number of hydrogen-bond donors (Lipinski definition) is 1. The number of methoxy groups -OCH3 is 1. The molecule has 1 heterocycles.